The molecular weight excluding hydrogens is 757 g/mol. The van der Waals surface area contributed by atoms with E-state index in [0.717, 1.165) is 0 Å². The summed E-state index contributed by atoms with van der Waals surface area (Å²) in [5.41, 5.74) is 3.62. The van der Waals surface area contributed by atoms with E-state index < -0.39 is 23.8 Å². The van der Waals surface area contributed by atoms with Gasteiger partial charge in [0, 0.05) is 68.2 Å². The van der Waals surface area contributed by atoms with Crippen molar-refractivity contribution in [3.8, 4) is 0 Å². The van der Waals surface area contributed by atoms with Crippen LogP contribution in [0, 0.1) is 0 Å². The monoisotopic (exact) mass is 794 g/mol. The number of rotatable bonds is 12. The summed E-state index contributed by atoms with van der Waals surface area (Å²) in [5.74, 6) is -2.76. The average molecular weight is 795 g/mol. The smallest absolute Gasteiger partial charge is 0.255 e. The summed E-state index contributed by atoms with van der Waals surface area (Å²) in [6.45, 7) is 0. The number of anilines is 4. The fourth-order valence-corrected chi connectivity index (χ4v) is 6.29. The number of amides is 6. The second-order valence-corrected chi connectivity index (χ2v) is 13.7. The maximum absolute atomic E-state index is 13.9. The normalized spacial score (nSPS) is 12.9. The van der Waals surface area contributed by atoms with Crippen LogP contribution in [-0.4, -0.2) is 41.5 Å². The van der Waals surface area contributed by atoms with Gasteiger partial charge in [0.25, 0.3) is 35.4 Å². The molecule has 12 nitrogen and oxygen atoms in total. The highest BCUT2D eigenvalue weighted by atomic mass is 16.2. The van der Waals surface area contributed by atoms with E-state index in [1.165, 1.54) is 18.2 Å². The third-order valence-electron chi connectivity index (χ3n) is 9.26. The zero-order valence-corrected chi connectivity index (χ0v) is 32.0. The van der Waals surface area contributed by atoms with Gasteiger partial charge in [-0.1, -0.05) is 78.9 Å². The number of benzene rings is 6. The Morgan fingerprint density at radius 1 is 0.367 bits per heavy atom. The zero-order chi connectivity index (χ0) is 41.8. The molecule has 6 aromatic rings. The molecule has 0 aliphatic heterocycles. The van der Waals surface area contributed by atoms with Crippen molar-refractivity contribution in [1.29, 1.82) is 0 Å². The van der Waals surface area contributed by atoms with Crippen LogP contribution < -0.4 is 31.9 Å². The van der Waals surface area contributed by atoms with E-state index in [9.17, 15) is 28.8 Å². The van der Waals surface area contributed by atoms with E-state index in [0.29, 0.717) is 45.1 Å². The van der Waals surface area contributed by atoms with E-state index in [-0.39, 0.29) is 40.8 Å². The quantitative estimate of drug-likeness (QED) is 0.0731. The summed E-state index contributed by atoms with van der Waals surface area (Å²) in [6.07, 6.45) is 5.53. The zero-order valence-electron chi connectivity index (χ0n) is 32.0. The molecule has 1 atom stereocenters. The molecule has 0 fully saturated rings. The van der Waals surface area contributed by atoms with Crippen molar-refractivity contribution in [2.45, 2.75) is 12.5 Å². The lowest BCUT2D eigenvalue weighted by molar-refractivity contribution is 0.0942. The van der Waals surface area contributed by atoms with Crippen LogP contribution in [0.25, 0.3) is 0 Å². The van der Waals surface area contributed by atoms with E-state index in [4.69, 9.17) is 0 Å². The van der Waals surface area contributed by atoms with E-state index in [2.05, 4.69) is 31.9 Å². The molecule has 0 saturated heterocycles. The first kappa shape index (κ1) is 39.8. The van der Waals surface area contributed by atoms with Gasteiger partial charge in [-0.3, -0.25) is 28.8 Å². The Bertz CT molecular complexity index is 2520. The maximum atomic E-state index is 13.9. The summed E-state index contributed by atoms with van der Waals surface area (Å²) in [4.78, 5) is 79.9. The lowest BCUT2D eigenvalue weighted by Crippen LogP contribution is -2.37. The van der Waals surface area contributed by atoms with Gasteiger partial charge in [-0.15, -0.1) is 0 Å². The Balaban J connectivity index is 1.10. The summed E-state index contributed by atoms with van der Waals surface area (Å²) in [7, 11) is 0. The van der Waals surface area contributed by atoms with E-state index >= 15 is 0 Å². The molecule has 0 aromatic heterocycles. The highest BCUT2D eigenvalue weighted by molar-refractivity contribution is 6.12. The molecule has 7 rings (SSSR count). The Kier molecular flexibility index (Phi) is 12.4. The van der Waals surface area contributed by atoms with Gasteiger partial charge in [0.15, 0.2) is 0 Å². The van der Waals surface area contributed by atoms with Crippen LogP contribution in [0.3, 0.4) is 0 Å². The van der Waals surface area contributed by atoms with Crippen LogP contribution in [0.2, 0.25) is 0 Å². The predicted octanol–water partition coefficient (Wildman–Crippen LogP) is 8.07. The van der Waals surface area contributed by atoms with Crippen LogP contribution in [0.1, 0.15) is 68.6 Å². The van der Waals surface area contributed by atoms with Crippen molar-refractivity contribution in [1.82, 2.24) is 10.6 Å². The first-order valence-corrected chi connectivity index (χ1v) is 18.9. The molecule has 6 aromatic carbocycles. The van der Waals surface area contributed by atoms with Crippen molar-refractivity contribution in [3.63, 3.8) is 0 Å². The average Bonchev–Trinajstić information content (AvgIpc) is 3.27. The molecule has 1 unspecified atom stereocenters. The molecule has 12 heteroatoms. The van der Waals surface area contributed by atoms with Gasteiger partial charge in [0.2, 0.25) is 0 Å². The fraction of sp³-hybridized carbons (Fsp3) is 0.0417. The Morgan fingerprint density at radius 3 is 1.12 bits per heavy atom. The van der Waals surface area contributed by atoms with Gasteiger partial charge in [0.05, 0.1) is 6.04 Å². The van der Waals surface area contributed by atoms with Crippen molar-refractivity contribution in [3.05, 3.63) is 215 Å². The molecule has 6 N–H and O–H groups in total. The number of carbonyl (C=O) groups is 6. The largest absolute Gasteiger partial charge is 0.345 e. The molecule has 0 heterocycles. The van der Waals surface area contributed by atoms with Gasteiger partial charge >= 0.3 is 0 Å². The van der Waals surface area contributed by atoms with Crippen LogP contribution in [-0.2, 0) is 0 Å². The van der Waals surface area contributed by atoms with Gasteiger partial charge < -0.3 is 31.9 Å². The maximum Gasteiger partial charge on any atom is 0.255 e. The van der Waals surface area contributed by atoms with Crippen LogP contribution in [0.5, 0.6) is 0 Å². The van der Waals surface area contributed by atoms with Crippen LogP contribution in [0.15, 0.2) is 182 Å². The topological polar surface area (TPSA) is 175 Å². The second-order valence-electron chi connectivity index (χ2n) is 13.7. The molecule has 6 amide bonds. The SMILES string of the molecule is O=C(NC1=CC=CC(NC(=O)c2cc(C(=O)Nc3cccc(NC(=O)c4ccccc4)c3)cc(C(=O)Nc3cccc(NC(=O)c4ccccc4)c3)c2)C1)c1ccccc1. The molecule has 0 radical (unpaired) electrons. The van der Waals surface area contributed by atoms with Crippen molar-refractivity contribution in [2.24, 2.45) is 0 Å². The van der Waals surface area contributed by atoms with Crippen LogP contribution in [0.4, 0.5) is 22.7 Å². The van der Waals surface area contributed by atoms with E-state index in [1.807, 2.05) is 18.2 Å². The molecule has 296 valence electrons. The van der Waals surface area contributed by atoms with Gasteiger partial charge in [-0.2, -0.15) is 0 Å². The number of carbonyl (C=O) groups excluding carboxylic acids is 6. The minimum atomic E-state index is -0.623. The highest BCUT2D eigenvalue weighted by Crippen LogP contribution is 2.22. The summed E-state index contributed by atoms with van der Waals surface area (Å²) >= 11 is 0. The number of allylic oxidation sites excluding steroid dienone is 2. The molecule has 1 aliphatic rings. The number of hydrogen-bond donors (Lipinski definition) is 6. The van der Waals surface area contributed by atoms with Gasteiger partial charge in [0.1, 0.15) is 0 Å². The Morgan fingerprint density at radius 2 is 0.717 bits per heavy atom. The third kappa shape index (κ3) is 10.5. The second kappa shape index (κ2) is 18.7. The summed E-state index contributed by atoms with van der Waals surface area (Å²) in [6, 6.07) is 42.9. The number of hydrogen-bond acceptors (Lipinski definition) is 6. The molecule has 0 spiro atoms. The third-order valence-corrected chi connectivity index (χ3v) is 9.26. The lowest BCUT2D eigenvalue weighted by Gasteiger charge is -2.21. The lowest BCUT2D eigenvalue weighted by atomic mass is 10.0. The minimum Gasteiger partial charge on any atom is -0.345 e. The van der Waals surface area contributed by atoms with Gasteiger partial charge in [-0.25, -0.2) is 0 Å². The first-order chi connectivity index (χ1) is 29.2. The molecule has 0 bridgehead atoms. The molecular formula is C48H38N6O6. The van der Waals surface area contributed by atoms with Crippen molar-refractivity contribution < 1.29 is 28.8 Å². The standard InChI is InChI=1S/C48H38N6O6/c55-43(31-13-4-1-5-14-31)49-37-19-10-22-40(28-37)52-46(58)34-25-35(47(59)53-41-23-11-20-38(29-41)50-44(56)32-15-6-2-7-16-32)27-36(26-34)48(60)54-42-24-12-21-39(30-42)51-45(57)33-17-8-3-9-18-33/h1-29,42H,30H2,(H,49,55)(H,50,56)(H,51,57)(H,52,58)(H,53,59)(H,54,60). The minimum absolute atomic E-state index is 0.00490. The van der Waals surface area contributed by atoms with Crippen LogP contribution >= 0.6 is 0 Å². The fourth-order valence-electron chi connectivity index (χ4n) is 6.29. The van der Waals surface area contributed by atoms with Crippen molar-refractivity contribution >= 4 is 58.2 Å². The predicted molar refractivity (Wildman–Crippen MR) is 231 cm³/mol. The molecule has 60 heavy (non-hydrogen) atoms. The summed E-state index contributed by atoms with van der Waals surface area (Å²) in [5, 5.41) is 17.0. The highest BCUT2D eigenvalue weighted by Gasteiger charge is 2.21. The molecule has 1 aliphatic carbocycles. The first-order valence-electron chi connectivity index (χ1n) is 18.9. The molecule has 0 saturated carbocycles. The number of nitrogens with one attached hydrogen (secondary N) is 6. The Labute approximate surface area is 345 Å². The van der Waals surface area contributed by atoms with E-state index in [1.54, 1.807) is 140 Å². The Hall–Kier alpha value is -8.38. The van der Waals surface area contributed by atoms with Gasteiger partial charge in [-0.05, 0) is 97.1 Å². The summed E-state index contributed by atoms with van der Waals surface area (Å²) < 4.78 is 0. The van der Waals surface area contributed by atoms with Crippen molar-refractivity contribution in [2.75, 3.05) is 21.3 Å².